The summed E-state index contributed by atoms with van der Waals surface area (Å²) in [6.07, 6.45) is 0. The molecule has 0 saturated carbocycles. The van der Waals surface area contributed by atoms with Crippen LogP contribution in [-0.4, -0.2) is 31.7 Å². The van der Waals surface area contributed by atoms with Crippen LogP contribution in [0.3, 0.4) is 0 Å². The van der Waals surface area contributed by atoms with E-state index in [2.05, 4.69) is 20.8 Å². The second-order valence-electron chi connectivity index (χ2n) is 2.87. The molecule has 0 aromatic heterocycles. The summed E-state index contributed by atoms with van der Waals surface area (Å²) >= 11 is 1.51. The van der Waals surface area contributed by atoms with E-state index in [1.807, 2.05) is 0 Å². The van der Waals surface area contributed by atoms with Crippen molar-refractivity contribution in [3.05, 3.63) is 0 Å². The molecule has 0 aromatic carbocycles. The third-order valence-corrected chi connectivity index (χ3v) is 14.0. The van der Waals surface area contributed by atoms with Crippen molar-refractivity contribution in [2.24, 2.45) is 0 Å². The molecule has 44 valence electrons. The first kappa shape index (κ1) is 9.22. The van der Waals surface area contributed by atoms with E-state index >= 15 is 0 Å². The van der Waals surface area contributed by atoms with Gasteiger partial charge in [-0.1, -0.05) is 0 Å². The normalized spacial score (nSPS) is 12.1. The second-order valence-corrected chi connectivity index (χ2v) is 15.0. The van der Waals surface area contributed by atoms with Crippen molar-refractivity contribution < 1.29 is 0 Å². The fraction of sp³-hybridized carbons (Fsp3) is 1.00. The summed E-state index contributed by atoms with van der Waals surface area (Å²) in [5, 5.41) is 0. The molecule has 0 fully saturated rings. The van der Waals surface area contributed by atoms with Gasteiger partial charge in [-0.15, -0.1) is 0 Å². The van der Waals surface area contributed by atoms with Gasteiger partial charge in [0.05, 0.1) is 0 Å². The summed E-state index contributed by atoms with van der Waals surface area (Å²) in [6, 6.07) is 4.56. The summed E-state index contributed by atoms with van der Waals surface area (Å²) in [5.74, 6) is 0. The number of hydrogen-bond donors (Lipinski definition) is 0. The van der Waals surface area contributed by atoms with Crippen molar-refractivity contribution in [2.75, 3.05) is 0 Å². The molecule has 0 aliphatic rings. The third-order valence-electron chi connectivity index (χ3n) is 2.56. The van der Waals surface area contributed by atoms with E-state index in [9.17, 15) is 0 Å². The molecule has 0 aliphatic heterocycles. The van der Waals surface area contributed by atoms with E-state index in [1.165, 1.54) is 45.2 Å². The van der Waals surface area contributed by atoms with Gasteiger partial charge >= 0.3 is 70.6 Å². The van der Waals surface area contributed by atoms with Crippen LogP contribution in [0.4, 0.5) is 0 Å². The van der Waals surface area contributed by atoms with Gasteiger partial charge in [-0.05, 0) is 0 Å². The molecule has 0 saturated heterocycles. The SMILES string of the molecule is CC[Si]([Na])(CC)CC. The third kappa shape index (κ3) is 2.67. The maximum atomic E-state index is 2.37. The Morgan fingerprint density at radius 3 is 1.25 bits per heavy atom. The average Bonchev–Trinajstić information content (AvgIpc) is 1.87. The summed E-state index contributed by atoms with van der Waals surface area (Å²) in [4.78, 5) is 0. The molecule has 0 radical (unpaired) electrons. The first-order chi connectivity index (χ1) is 3.68. The Morgan fingerprint density at radius 2 is 1.25 bits per heavy atom. The predicted octanol–water partition coefficient (Wildman–Crippen LogP) is 2.16. The Morgan fingerprint density at radius 1 is 1.00 bits per heavy atom. The molecule has 8 heavy (non-hydrogen) atoms. The van der Waals surface area contributed by atoms with Crippen molar-refractivity contribution in [3.63, 3.8) is 0 Å². The summed E-state index contributed by atoms with van der Waals surface area (Å²) in [7, 11) is 0. The Hall–Kier alpha value is 1.22. The Balaban J connectivity index is 3.58. The predicted molar refractivity (Wildman–Crippen MR) is 43.0 cm³/mol. The van der Waals surface area contributed by atoms with Crippen molar-refractivity contribution in [1.29, 1.82) is 0 Å². The van der Waals surface area contributed by atoms with E-state index in [0.717, 1.165) is 0 Å². The summed E-state index contributed by atoms with van der Waals surface area (Å²) < 4.78 is -0.532. The van der Waals surface area contributed by atoms with E-state index in [1.54, 1.807) is 0 Å². The zero-order chi connectivity index (χ0) is 6.62. The first-order valence-corrected chi connectivity index (χ1v) is 9.80. The monoisotopic (exact) mass is 138 g/mol. The van der Waals surface area contributed by atoms with E-state index in [0.29, 0.717) is 0 Å². The van der Waals surface area contributed by atoms with Gasteiger partial charge in [0.2, 0.25) is 0 Å². The van der Waals surface area contributed by atoms with E-state index in [-0.39, 0.29) is 0 Å². The molecular weight excluding hydrogens is 123 g/mol. The minimum absolute atomic E-state index is 0.532. The Bertz CT molecular complexity index is 51.3. The number of hydrogen-bond acceptors (Lipinski definition) is 0. The summed E-state index contributed by atoms with van der Waals surface area (Å²) in [5.41, 5.74) is 0. The van der Waals surface area contributed by atoms with Gasteiger partial charge in [-0.25, -0.2) is 0 Å². The fourth-order valence-corrected chi connectivity index (χ4v) is 2.25. The maximum absolute atomic E-state index is 2.37. The van der Waals surface area contributed by atoms with Crippen LogP contribution in [0.15, 0.2) is 0 Å². The molecule has 0 heterocycles. The standard InChI is InChI=1S/C6H15Si.Na/c1-4-7(5-2)6-3;/h4-6H2,1-3H3;. The first-order valence-electron chi connectivity index (χ1n) is 3.68. The minimum atomic E-state index is -0.532. The van der Waals surface area contributed by atoms with E-state index < -0.39 is 4.63 Å². The van der Waals surface area contributed by atoms with Crippen LogP contribution >= 0.6 is 0 Å². The average molecular weight is 138 g/mol. The van der Waals surface area contributed by atoms with E-state index in [4.69, 9.17) is 0 Å². The van der Waals surface area contributed by atoms with Gasteiger partial charge in [-0.2, -0.15) is 0 Å². The van der Waals surface area contributed by atoms with Crippen LogP contribution in [-0.2, 0) is 0 Å². The Kier molecular flexibility index (Phi) is 4.72. The molecule has 0 aromatic rings. The molecule has 0 amide bonds. The topological polar surface area (TPSA) is 0 Å². The quantitative estimate of drug-likeness (QED) is 0.524. The number of rotatable bonds is 3. The van der Waals surface area contributed by atoms with Crippen LogP contribution in [0.25, 0.3) is 0 Å². The van der Waals surface area contributed by atoms with Gasteiger partial charge in [0.15, 0.2) is 0 Å². The van der Waals surface area contributed by atoms with Crippen molar-refractivity contribution in [2.45, 2.75) is 38.9 Å². The molecule has 0 nitrogen and oxygen atoms in total. The zero-order valence-electron chi connectivity index (χ0n) is 6.62. The summed E-state index contributed by atoms with van der Waals surface area (Å²) in [6.45, 7) is 7.10. The molecular formula is C6H15NaSi. The zero-order valence-corrected chi connectivity index (χ0v) is 9.62. The van der Waals surface area contributed by atoms with Gasteiger partial charge in [0.1, 0.15) is 0 Å². The molecule has 0 N–H and O–H groups in total. The van der Waals surface area contributed by atoms with Gasteiger partial charge in [0.25, 0.3) is 0 Å². The molecule has 0 atom stereocenters. The van der Waals surface area contributed by atoms with Crippen molar-refractivity contribution >= 4 is 31.7 Å². The molecule has 0 unspecified atom stereocenters. The van der Waals surface area contributed by atoms with Gasteiger partial charge in [-0.3, -0.25) is 0 Å². The molecule has 0 rings (SSSR count). The van der Waals surface area contributed by atoms with Crippen LogP contribution in [0.1, 0.15) is 20.8 Å². The second kappa shape index (κ2) is 4.10. The van der Waals surface area contributed by atoms with Crippen LogP contribution in [0, 0.1) is 0 Å². The molecule has 0 spiro atoms. The molecule has 0 bridgehead atoms. The van der Waals surface area contributed by atoms with Crippen molar-refractivity contribution in [1.82, 2.24) is 0 Å². The van der Waals surface area contributed by atoms with Crippen LogP contribution in [0.2, 0.25) is 18.1 Å². The van der Waals surface area contributed by atoms with Crippen LogP contribution in [0.5, 0.6) is 0 Å². The Labute approximate surface area is 70.3 Å². The van der Waals surface area contributed by atoms with Crippen molar-refractivity contribution in [3.8, 4) is 0 Å². The molecule has 0 aliphatic carbocycles. The van der Waals surface area contributed by atoms with Gasteiger partial charge in [0, 0.05) is 0 Å². The fourth-order valence-electron chi connectivity index (χ4n) is 0.750. The molecule has 2 heteroatoms. The van der Waals surface area contributed by atoms with Gasteiger partial charge < -0.3 is 0 Å². The van der Waals surface area contributed by atoms with Crippen LogP contribution < -0.4 is 0 Å².